The van der Waals surface area contributed by atoms with Crippen molar-refractivity contribution < 1.29 is 42.8 Å². The van der Waals surface area contributed by atoms with Crippen LogP contribution in [0.25, 0.3) is 11.1 Å². The molecule has 0 aromatic heterocycles. The highest BCUT2D eigenvalue weighted by molar-refractivity contribution is 6.21. The fraction of sp³-hybridized carbons (Fsp3) is 0.179. The average molecular weight is 502 g/mol. The zero-order chi connectivity index (χ0) is 25.9. The van der Waals surface area contributed by atoms with E-state index in [9.17, 15) is 14.4 Å². The molecule has 188 valence electrons. The van der Waals surface area contributed by atoms with Gasteiger partial charge in [0.05, 0.1) is 17.8 Å². The van der Waals surface area contributed by atoms with Crippen LogP contribution in [-0.2, 0) is 23.9 Å². The minimum absolute atomic E-state index is 0.153. The topological polar surface area (TPSA) is 107 Å². The number of fused-ring (bicyclic) bond motifs is 2. The first-order valence-corrected chi connectivity index (χ1v) is 11.5. The maximum Gasteiger partial charge on any atom is 0.346 e. The Labute approximate surface area is 211 Å². The maximum atomic E-state index is 12.8. The van der Waals surface area contributed by atoms with Gasteiger partial charge < -0.3 is 28.4 Å². The van der Waals surface area contributed by atoms with Crippen molar-refractivity contribution in [1.82, 2.24) is 0 Å². The lowest BCUT2D eigenvalue weighted by Crippen LogP contribution is -2.16. The van der Waals surface area contributed by atoms with Crippen LogP contribution in [0.5, 0.6) is 23.0 Å². The van der Waals surface area contributed by atoms with Gasteiger partial charge >= 0.3 is 17.9 Å². The van der Waals surface area contributed by atoms with Crippen molar-refractivity contribution in [2.75, 3.05) is 27.1 Å². The highest BCUT2D eigenvalue weighted by Gasteiger charge is 2.30. The minimum atomic E-state index is -0.571. The van der Waals surface area contributed by atoms with Crippen molar-refractivity contribution in [3.8, 4) is 23.0 Å². The number of carbonyl (C=O) groups is 3. The van der Waals surface area contributed by atoms with Gasteiger partial charge in [-0.1, -0.05) is 24.3 Å². The lowest BCUT2D eigenvalue weighted by atomic mass is 10.0. The van der Waals surface area contributed by atoms with Gasteiger partial charge in [-0.3, -0.25) is 0 Å². The molecule has 0 saturated carbocycles. The van der Waals surface area contributed by atoms with E-state index in [-0.39, 0.29) is 13.4 Å². The number of ether oxygens (including phenoxy) is 6. The summed E-state index contributed by atoms with van der Waals surface area (Å²) in [5, 5.41) is 1.06. The van der Waals surface area contributed by atoms with Gasteiger partial charge in [-0.15, -0.1) is 0 Å². The molecule has 2 heterocycles. The standard InChI is InChI=1S/C28H22O9/c1-3-33-18-8-4-16(5-9-18)25-20-12-23-21(13-22(20)36-27(25)30)26(28(31)37-23)17-6-10-19(11-7-17)34-14-24(29)35-15-32-2/h4-13H,3,14-15H2,1-2H3. The van der Waals surface area contributed by atoms with Crippen LogP contribution in [-0.4, -0.2) is 45.0 Å². The smallest absolute Gasteiger partial charge is 0.346 e. The fourth-order valence-electron chi connectivity index (χ4n) is 4.10. The molecule has 0 atom stereocenters. The summed E-state index contributed by atoms with van der Waals surface area (Å²) >= 11 is 0. The summed E-state index contributed by atoms with van der Waals surface area (Å²) in [6, 6.07) is 17.0. The second-order valence-electron chi connectivity index (χ2n) is 8.07. The van der Waals surface area contributed by atoms with Crippen molar-refractivity contribution in [1.29, 1.82) is 0 Å². The van der Waals surface area contributed by atoms with E-state index >= 15 is 0 Å². The summed E-state index contributed by atoms with van der Waals surface area (Å²) in [7, 11) is 1.41. The van der Waals surface area contributed by atoms with Crippen LogP contribution in [0.2, 0.25) is 0 Å². The van der Waals surface area contributed by atoms with Crippen LogP contribution in [0.15, 0.2) is 60.7 Å². The third-order valence-electron chi connectivity index (χ3n) is 5.73. The van der Waals surface area contributed by atoms with Crippen molar-refractivity contribution in [2.45, 2.75) is 6.92 Å². The first kappa shape index (κ1) is 24.1. The molecule has 0 fully saturated rings. The molecule has 9 nitrogen and oxygen atoms in total. The SMILES string of the molecule is CCOc1ccc(C2=c3cc4c(cc3OC2=O)=C(c2ccc(OCC(=O)OCOC)cc2)C(=O)O4)cc1. The predicted octanol–water partition coefficient (Wildman–Crippen LogP) is 1.85. The third kappa shape index (κ3) is 4.76. The van der Waals surface area contributed by atoms with Crippen LogP contribution in [0.3, 0.4) is 0 Å². The van der Waals surface area contributed by atoms with Gasteiger partial charge in [-0.2, -0.15) is 0 Å². The Morgan fingerprint density at radius 2 is 1.24 bits per heavy atom. The molecule has 0 aliphatic carbocycles. The second-order valence-corrected chi connectivity index (χ2v) is 8.07. The molecule has 0 unspecified atom stereocenters. The van der Waals surface area contributed by atoms with E-state index in [1.807, 2.05) is 6.92 Å². The highest BCUT2D eigenvalue weighted by atomic mass is 16.7. The Morgan fingerprint density at radius 1 is 0.757 bits per heavy atom. The maximum absolute atomic E-state index is 12.8. The zero-order valence-corrected chi connectivity index (χ0v) is 20.1. The van der Waals surface area contributed by atoms with Gasteiger partial charge in [0, 0.05) is 17.5 Å². The normalized spacial score (nSPS) is 13.6. The molecule has 0 spiro atoms. The van der Waals surface area contributed by atoms with E-state index in [1.54, 1.807) is 60.7 Å². The molecule has 2 aliphatic rings. The van der Waals surface area contributed by atoms with Gasteiger partial charge in [-0.05, 0) is 54.4 Å². The quantitative estimate of drug-likeness (QED) is 0.246. The van der Waals surface area contributed by atoms with Gasteiger partial charge in [0.1, 0.15) is 23.0 Å². The lowest BCUT2D eigenvalue weighted by molar-refractivity contribution is -0.156. The summed E-state index contributed by atoms with van der Waals surface area (Å²) in [4.78, 5) is 37.1. The summed E-state index contributed by atoms with van der Waals surface area (Å²) in [6.07, 6.45) is 0. The first-order chi connectivity index (χ1) is 18.0. The van der Waals surface area contributed by atoms with Crippen molar-refractivity contribution in [2.24, 2.45) is 0 Å². The Hall–Kier alpha value is -4.63. The predicted molar refractivity (Wildman–Crippen MR) is 129 cm³/mol. The Kier molecular flexibility index (Phi) is 6.61. The van der Waals surface area contributed by atoms with E-state index in [2.05, 4.69) is 4.74 Å². The van der Waals surface area contributed by atoms with Gasteiger partial charge in [-0.25, -0.2) is 14.4 Å². The molecule has 0 bridgehead atoms. The monoisotopic (exact) mass is 502 g/mol. The summed E-state index contributed by atoms with van der Waals surface area (Å²) in [5.41, 5.74) is 1.96. The number of esters is 3. The van der Waals surface area contributed by atoms with Crippen molar-refractivity contribution in [3.05, 3.63) is 82.2 Å². The molecule has 3 aromatic rings. The van der Waals surface area contributed by atoms with Crippen LogP contribution in [0, 0.1) is 0 Å². The Bertz CT molecular complexity index is 1500. The molecule has 9 heteroatoms. The highest BCUT2D eigenvalue weighted by Crippen LogP contribution is 2.28. The van der Waals surface area contributed by atoms with E-state index in [1.165, 1.54) is 7.11 Å². The summed E-state index contributed by atoms with van der Waals surface area (Å²) < 4.78 is 31.4. The number of carbonyl (C=O) groups excluding carboxylic acids is 3. The Morgan fingerprint density at radius 3 is 1.70 bits per heavy atom. The van der Waals surface area contributed by atoms with Gasteiger partial charge in [0.2, 0.25) is 0 Å². The lowest BCUT2D eigenvalue weighted by Gasteiger charge is -2.07. The molecular formula is C28H22O9. The molecule has 5 rings (SSSR count). The fourth-order valence-corrected chi connectivity index (χ4v) is 4.10. The van der Waals surface area contributed by atoms with E-state index in [0.29, 0.717) is 62.3 Å². The Balaban J connectivity index is 1.46. The molecular weight excluding hydrogens is 480 g/mol. The molecule has 37 heavy (non-hydrogen) atoms. The third-order valence-corrected chi connectivity index (χ3v) is 5.73. The number of rotatable bonds is 9. The largest absolute Gasteiger partial charge is 0.494 e. The van der Waals surface area contributed by atoms with Crippen LogP contribution in [0.1, 0.15) is 18.1 Å². The van der Waals surface area contributed by atoms with Crippen LogP contribution >= 0.6 is 0 Å². The van der Waals surface area contributed by atoms with Gasteiger partial charge in [0.15, 0.2) is 13.4 Å². The number of hydrogen-bond donors (Lipinski definition) is 0. The summed E-state index contributed by atoms with van der Waals surface area (Å²) in [6.45, 7) is 2.00. The van der Waals surface area contributed by atoms with E-state index < -0.39 is 17.9 Å². The molecule has 0 N–H and O–H groups in total. The summed E-state index contributed by atoms with van der Waals surface area (Å²) in [5.74, 6) is 0.217. The number of methoxy groups -OCH3 is 1. The molecule has 0 amide bonds. The van der Waals surface area contributed by atoms with E-state index in [4.69, 9.17) is 23.7 Å². The molecule has 0 saturated heterocycles. The average Bonchev–Trinajstić information content (AvgIpc) is 3.39. The van der Waals surface area contributed by atoms with Crippen molar-refractivity contribution >= 4 is 29.1 Å². The zero-order valence-electron chi connectivity index (χ0n) is 20.1. The van der Waals surface area contributed by atoms with Crippen molar-refractivity contribution in [3.63, 3.8) is 0 Å². The molecule has 2 aliphatic heterocycles. The molecule has 3 aromatic carbocycles. The van der Waals surface area contributed by atoms with Crippen LogP contribution < -0.4 is 29.4 Å². The number of benzene rings is 3. The van der Waals surface area contributed by atoms with Crippen LogP contribution in [0.4, 0.5) is 0 Å². The number of hydrogen-bond acceptors (Lipinski definition) is 9. The second kappa shape index (κ2) is 10.2. The van der Waals surface area contributed by atoms with Gasteiger partial charge in [0.25, 0.3) is 0 Å². The molecule has 0 radical (unpaired) electrons. The first-order valence-electron chi connectivity index (χ1n) is 11.5. The van der Waals surface area contributed by atoms with E-state index in [0.717, 1.165) is 0 Å². The minimum Gasteiger partial charge on any atom is -0.494 e.